The molecule has 0 spiro atoms. The summed E-state index contributed by atoms with van der Waals surface area (Å²) in [7, 11) is 0. The molecule has 4 saturated carbocycles. The van der Waals surface area contributed by atoms with E-state index in [1.165, 1.54) is 6.92 Å². The first-order chi connectivity index (χ1) is 49.4. The second-order valence-electron chi connectivity index (χ2n) is 33.2. The second-order valence-corrected chi connectivity index (χ2v) is 33.2. The summed E-state index contributed by atoms with van der Waals surface area (Å²) in [6.45, 7) is 12.9. The first kappa shape index (κ1) is 82.7. The first-order valence-electron chi connectivity index (χ1n) is 37.2. The van der Waals surface area contributed by atoms with Crippen molar-refractivity contribution < 1.29 is 163 Å². The number of carboxylic acid groups (broad SMARTS) is 1. The van der Waals surface area contributed by atoms with Crippen LogP contribution in [-0.4, -0.2) is 322 Å². The van der Waals surface area contributed by atoms with E-state index < -0.39 is 273 Å². The number of aldehydes is 1. The number of aliphatic carboxylic acids is 1. The third-order valence-electron chi connectivity index (χ3n) is 26.4. The van der Waals surface area contributed by atoms with Crippen LogP contribution in [-0.2, 0) is 76.0 Å². The van der Waals surface area contributed by atoms with Gasteiger partial charge in [0, 0.05) is 6.42 Å². The molecule has 34 heteroatoms. The normalized spacial score (nSPS) is 51.3. The summed E-state index contributed by atoms with van der Waals surface area (Å²) in [5.41, 5.74) is -4.93. The molecular weight excluding hydrogens is 1390 g/mol. The van der Waals surface area contributed by atoms with Crippen LogP contribution >= 0.6 is 0 Å². The lowest BCUT2D eigenvalue weighted by molar-refractivity contribution is -0.391. The quantitative estimate of drug-likeness (QED) is 0.0163. The van der Waals surface area contributed by atoms with Crippen molar-refractivity contribution in [2.45, 2.75) is 329 Å². The maximum absolute atomic E-state index is 16.0. The minimum atomic E-state index is -2.22. The van der Waals surface area contributed by atoms with Gasteiger partial charge in [-0.1, -0.05) is 79.4 Å². The number of hydrogen-bond acceptors (Lipinski definition) is 32. The van der Waals surface area contributed by atoms with E-state index in [4.69, 9.17) is 56.8 Å². The molecule has 10 fully saturated rings. The van der Waals surface area contributed by atoms with Gasteiger partial charge in [-0.05, 0) is 111 Å². The fraction of sp³-hybridized carbons (Fsp3) is 0.915. The molecule has 11 aliphatic rings. The molecule has 600 valence electrons. The van der Waals surface area contributed by atoms with Crippen molar-refractivity contribution in [2.24, 2.45) is 50.2 Å². The predicted molar refractivity (Wildman–Crippen MR) is 352 cm³/mol. The molecule has 0 radical (unpaired) electrons. The Kier molecular flexibility index (Phi) is 25.3. The zero-order valence-corrected chi connectivity index (χ0v) is 60.6. The highest BCUT2D eigenvalue weighted by Gasteiger charge is 2.73. The number of aliphatic hydroxyl groups is 16. The number of rotatable bonds is 22. The average molecular weight is 1510 g/mol. The Morgan fingerprint density at radius 3 is 1.78 bits per heavy atom. The molecule has 6 aliphatic heterocycles. The number of unbranched alkanes of at least 4 members (excludes halogenated alkanes) is 3. The molecule has 17 unspecified atom stereocenters. The molecular formula is C71H113NO33. The second kappa shape index (κ2) is 32.1. The minimum Gasteiger partial charge on any atom is -0.479 e. The average Bonchev–Trinajstić information content (AvgIpc) is 0.670. The standard InChI is InChI=1S/C71H113NO33/c1-9-10-11-12-13-40(79)72-41-34(24-73)97-63(56(45(41)83)103-61-51(89)47(85)53(29(2)96-61)100-59-48(86)42(80)32(76)26-94-59)105-65(93)71-21-20-66(3,4)22-31(71)30-14-15-37-67(5)18-17-39(68(6,28-75)36(67)16-19-69(37,7)70(30,8)23-38(71)78)99-64-57(104-62-50(88)46(84)44(82)35(25-74)98-62)54(52(90)55(102-64)58(91)92)101-60-49(87)43(81)33(77)27-95-60/h14,28-29,31-39,41-57,59-64,73-74,76-78,80-90H,9-13,15-27H2,1-8H3,(H,72,79)(H,91,92)/t29?,31?,32-,33-,34-,35?,36-,37?,38-,39+,41+,42?,43+,44+,45?,46+,47?,48?,49?,50?,51?,52+,53+,54+,55?,56?,57?,59+,60+,61+,62+,63+,64-,67?,68?,69-,70?,71-/m1/s1. The Hall–Kier alpha value is -3.26. The van der Waals surface area contributed by atoms with Crippen molar-refractivity contribution in [3.05, 3.63) is 11.6 Å². The van der Waals surface area contributed by atoms with Crippen LogP contribution in [0.5, 0.6) is 0 Å². The van der Waals surface area contributed by atoms with Gasteiger partial charge in [-0.2, -0.15) is 0 Å². The lowest BCUT2D eigenvalue weighted by Gasteiger charge is -2.71. The number of carboxylic acids is 1. The Balaban J connectivity index is 0.875. The molecule has 18 N–H and O–H groups in total. The van der Waals surface area contributed by atoms with Gasteiger partial charge in [-0.25, -0.2) is 4.79 Å². The third-order valence-corrected chi connectivity index (χ3v) is 26.4. The van der Waals surface area contributed by atoms with E-state index in [-0.39, 0.29) is 31.6 Å². The van der Waals surface area contributed by atoms with Crippen LogP contribution < -0.4 is 5.32 Å². The molecule has 6 saturated heterocycles. The third kappa shape index (κ3) is 14.9. The molecule has 34 nitrogen and oxygen atoms in total. The summed E-state index contributed by atoms with van der Waals surface area (Å²) in [6, 6.07) is -1.42. The number of nitrogens with one attached hydrogen (secondary N) is 1. The molecule has 0 aromatic heterocycles. The lowest BCUT2D eigenvalue weighted by Crippen LogP contribution is -2.70. The van der Waals surface area contributed by atoms with Crippen molar-refractivity contribution >= 4 is 24.1 Å². The van der Waals surface area contributed by atoms with Gasteiger partial charge < -0.3 is 154 Å². The van der Waals surface area contributed by atoms with Crippen molar-refractivity contribution in [2.75, 3.05) is 26.4 Å². The maximum atomic E-state index is 16.0. The molecule has 0 bridgehead atoms. The van der Waals surface area contributed by atoms with Gasteiger partial charge in [0.15, 0.2) is 43.7 Å². The van der Waals surface area contributed by atoms with Crippen LogP contribution in [0.3, 0.4) is 0 Å². The summed E-state index contributed by atoms with van der Waals surface area (Å²) < 4.78 is 72.8. The summed E-state index contributed by atoms with van der Waals surface area (Å²) in [5.74, 6) is -4.62. The lowest BCUT2D eigenvalue weighted by atomic mass is 9.33. The number of ether oxygens (including phenoxy) is 12. The van der Waals surface area contributed by atoms with Gasteiger partial charge in [-0.3, -0.25) is 9.59 Å². The smallest absolute Gasteiger partial charge is 0.335 e. The predicted octanol–water partition coefficient (Wildman–Crippen LogP) is -3.74. The number of esters is 1. The van der Waals surface area contributed by atoms with Gasteiger partial charge in [0.25, 0.3) is 0 Å². The van der Waals surface area contributed by atoms with E-state index in [0.717, 1.165) is 31.1 Å². The molecule has 1 amide bonds. The summed E-state index contributed by atoms with van der Waals surface area (Å²) in [4.78, 5) is 56.9. The zero-order valence-electron chi connectivity index (χ0n) is 60.6. The van der Waals surface area contributed by atoms with E-state index in [0.29, 0.717) is 44.9 Å². The SMILES string of the molecule is CCCCCCC(=O)N[C@@H]1C(O)C(O[C@@H]2OC(C)[C@H](O[C@@H]3OC[C@@H](O)C(O)C3O)C(O)C2O)[C@H](OC(=O)[C@]23CCC(C)(C)CC2C2=CCC4C5(C)CC[C@H](O[C@@H]6OC(C(=O)O)[C@@H](O)[C@H](O[C@@H]7OC[C@@H](O)[C@H](O)C7O)C6O[C@@H]6OC(CO)[C@H](O)[C@H](O)C6O)C(C)(C=O)[C@@H]5CC[C@@]4(C)C2(C)C[C@H]3O)O[C@@H]1CO. The zero-order chi connectivity index (χ0) is 76.7. The van der Waals surface area contributed by atoms with Crippen molar-refractivity contribution in [3.63, 3.8) is 0 Å². The Morgan fingerprint density at radius 1 is 0.571 bits per heavy atom. The van der Waals surface area contributed by atoms with Gasteiger partial charge in [-0.15, -0.1) is 0 Å². The van der Waals surface area contributed by atoms with Crippen molar-refractivity contribution in [3.8, 4) is 0 Å². The van der Waals surface area contributed by atoms with Gasteiger partial charge in [0.2, 0.25) is 12.2 Å². The highest BCUT2D eigenvalue weighted by molar-refractivity contribution is 5.80. The van der Waals surface area contributed by atoms with Crippen LogP contribution in [0.1, 0.15) is 145 Å². The summed E-state index contributed by atoms with van der Waals surface area (Å²) in [5, 5.41) is 191. The van der Waals surface area contributed by atoms with Crippen LogP contribution in [0.25, 0.3) is 0 Å². The monoisotopic (exact) mass is 1510 g/mol. The largest absolute Gasteiger partial charge is 0.479 e. The van der Waals surface area contributed by atoms with Crippen molar-refractivity contribution in [1.82, 2.24) is 5.32 Å². The van der Waals surface area contributed by atoms with Gasteiger partial charge in [0.05, 0.1) is 56.2 Å². The van der Waals surface area contributed by atoms with E-state index in [2.05, 4.69) is 46.0 Å². The Morgan fingerprint density at radius 2 is 1.16 bits per heavy atom. The number of carbonyl (C=O) groups excluding carboxylic acids is 3. The fourth-order valence-corrected chi connectivity index (χ4v) is 20.0. The molecule has 0 aromatic rings. The molecule has 11 rings (SSSR count). The molecule has 6 heterocycles. The molecule has 0 aromatic carbocycles. The number of carbonyl (C=O) groups is 4. The molecule has 5 aliphatic carbocycles. The van der Waals surface area contributed by atoms with E-state index in [9.17, 15) is 101 Å². The van der Waals surface area contributed by atoms with Crippen molar-refractivity contribution in [1.29, 1.82) is 0 Å². The number of amides is 1. The molecule has 105 heavy (non-hydrogen) atoms. The fourth-order valence-electron chi connectivity index (χ4n) is 20.0. The van der Waals surface area contributed by atoms with Crippen LogP contribution in [0.15, 0.2) is 11.6 Å². The van der Waals surface area contributed by atoms with Crippen LogP contribution in [0, 0.1) is 50.2 Å². The Labute approximate surface area is 608 Å². The van der Waals surface area contributed by atoms with E-state index >= 15 is 4.79 Å². The number of aliphatic hydroxyl groups excluding tert-OH is 16. The highest BCUT2D eigenvalue weighted by atomic mass is 16.8. The molecule has 38 atom stereocenters. The maximum Gasteiger partial charge on any atom is 0.335 e. The number of fused-ring (bicyclic) bond motifs is 7. The summed E-state index contributed by atoms with van der Waals surface area (Å²) >= 11 is 0. The summed E-state index contributed by atoms with van der Waals surface area (Å²) in [6.07, 6.45) is -43.2. The van der Waals surface area contributed by atoms with E-state index in [1.807, 2.05) is 6.92 Å². The van der Waals surface area contributed by atoms with Crippen LogP contribution in [0.4, 0.5) is 0 Å². The highest BCUT2D eigenvalue weighted by Crippen LogP contribution is 2.76. The number of hydrogen-bond donors (Lipinski definition) is 18. The van der Waals surface area contributed by atoms with Gasteiger partial charge >= 0.3 is 11.9 Å². The van der Waals surface area contributed by atoms with Crippen LogP contribution in [0.2, 0.25) is 0 Å². The Bertz CT molecular complexity index is 3040. The van der Waals surface area contributed by atoms with E-state index in [1.54, 1.807) is 6.92 Å². The number of allylic oxidation sites excluding steroid dienone is 2. The first-order valence-corrected chi connectivity index (χ1v) is 37.2. The minimum absolute atomic E-state index is 0.0235. The van der Waals surface area contributed by atoms with Gasteiger partial charge in [0.1, 0.15) is 122 Å². The topological polar surface area (TPSA) is 535 Å².